The van der Waals surface area contributed by atoms with Crippen LogP contribution in [-0.4, -0.2) is 11.1 Å². The molecule has 1 rings (SSSR count). The highest BCUT2D eigenvalue weighted by molar-refractivity contribution is 7.11. The van der Waals surface area contributed by atoms with Crippen molar-refractivity contribution < 1.29 is 9.90 Å². The van der Waals surface area contributed by atoms with Crippen molar-refractivity contribution >= 4 is 22.9 Å². The molecule has 0 aliphatic heterocycles. The fraction of sp³-hybridized carbons (Fsp3) is 0. The summed E-state index contributed by atoms with van der Waals surface area (Å²) < 4.78 is 0. The van der Waals surface area contributed by atoms with Crippen LogP contribution >= 0.6 is 11.3 Å². The smallest absolute Gasteiger partial charge is 0.329 e. The zero-order chi connectivity index (χ0) is 8.97. The zero-order valence-electron chi connectivity index (χ0n) is 6.02. The van der Waals surface area contributed by atoms with Crippen LogP contribution < -0.4 is 0 Å². The van der Waals surface area contributed by atoms with Crippen molar-refractivity contribution in [2.75, 3.05) is 0 Å². The van der Waals surface area contributed by atoms with Crippen molar-refractivity contribution in [2.24, 2.45) is 0 Å². The molecule has 0 aromatic carbocycles. The number of carboxylic acids is 1. The van der Waals surface area contributed by atoms with E-state index in [1.165, 1.54) is 11.3 Å². The second-order valence-corrected chi connectivity index (χ2v) is 2.93. The first-order chi connectivity index (χ1) is 5.74. The van der Waals surface area contributed by atoms with Gasteiger partial charge >= 0.3 is 5.97 Å². The number of nitriles is 1. The second kappa shape index (κ2) is 3.69. The summed E-state index contributed by atoms with van der Waals surface area (Å²) in [6.45, 7) is 0. The van der Waals surface area contributed by atoms with Gasteiger partial charge < -0.3 is 5.11 Å². The maximum absolute atomic E-state index is 10.2. The number of nitrogens with zero attached hydrogens (tertiary/aromatic N) is 1. The number of thiophene rings is 1. The van der Waals surface area contributed by atoms with Crippen molar-refractivity contribution in [2.45, 2.75) is 0 Å². The number of hydrogen-bond donors (Lipinski definition) is 1. The molecule has 0 unspecified atom stereocenters. The Hall–Kier alpha value is -1.60. The SMILES string of the molecule is N#C/C(=C\C(=O)O)c1cccs1. The van der Waals surface area contributed by atoms with Crippen molar-refractivity contribution in [3.8, 4) is 6.07 Å². The van der Waals surface area contributed by atoms with Gasteiger partial charge in [0.25, 0.3) is 0 Å². The van der Waals surface area contributed by atoms with Gasteiger partial charge in [0, 0.05) is 11.0 Å². The average molecular weight is 179 g/mol. The molecule has 12 heavy (non-hydrogen) atoms. The van der Waals surface area contributed by atoms with Gasteiger partial charge in [0.1, 0.15) is 6.07 Å². The lowest BCUT2D eigenvalue weighted by Crippen LogP contribution is -1.89. The molecule has 1 heterocycles. The Labute approximate surface area is 73.2 Å². The van der Waals surface area contributed by atoms with Crippen LogP contribution in [0, 0.1) is 11.3 Å². The fourth-order valence-corrected chi connectivity index (χ4v) is 1.41. The summed E-state index contributed by atoms with van der Waals surface area (Å²) in [6, 6.07) is 5.31. The van der Waals surface area contributed by atoms with Gasteiger partial charge in [0.2, 0.25) is 0 Å². The van der Waals surface area contributed by atoms with Crippen LogP contribution in [0.3, 0.4) is 0 Å². The summed E-state index contributed by atoms with van der Waals surface area (Å²) in [5, 5.41) is 18.8. The predicted molar refractivity (Wildman–Crippen MR) is 45.5 cm³/mol. The topological polar surface area (TPSA) is 61.1 Å². The van der Waals surface area contributed by atoms with Crippen LogP contribution in [0.5, 0.6) is 0 Å². The van der Waals surface area contributed by atoms with E-state index in [-0.39, 0.29) is 5.57 Å². The van der Waals surface area contributed by atoms with Crippen molar-refractivity contribution in [3.05, 3.63) is 28.5 Å². The molecule has 60 valence electrons. The minimum Gasteiger partial charge on any atom is -0.478 e. The first kappa shape index (κ1) is 8.50. The molecular formula is C8H5NO2S. The lowest BCUT2D eigenvalue weighted by molar-refractivity contribution is -0.131. The van der Waals surface area contributed by atoms with E-state index < -0.39 is 5.97 Å². The Morgan fingerprint density at radius 1 is 1.75 bits per heavy atom. The van der Waals surface area contributed by atoms with Crippen LogP contribution in [-0.2, 0) is 4.79 Å². The van der Waals surface area contributed by atoms with Gasteiger partial charge in [-0.25, -0.2) is 4.79 Å². The molecule has 0 atom stereocenters. The van der Waals surface area contributed by atoms with E-state index in [1.807, 2.05) is 6.07 Å². The average Bonchev–Trinajstić information content (AvgIpc) is 2.51. The van der Waals surface area contributed by atoms with Gasteiger partial charge in [-0.05, 0) is 11.4 Å². The highest BCUT2D eigenvalue weighted by Crippen LogP contribution is 2.18. The van der Waals surface area contributed by atoms with Gasteiger partial charge in [-0.3, -0.25) is 0 Å². The van der Waals surface area contributed by atoms with Crippen molar-refractivity contribution in [1.82, 2.24) is 0 Å². The number of hydrogen-bond acceptors (Lipinski definition) is 3. The lowest BCUT2D eigenvalue weighted by atomic mass is 10.2. The molecule has 1 aromatic rings. The monoisotopic (exact) mass is 179 g/mol. The highest BCUT2D eigenvalue weighted by atomic mass is 32.1. The number of allylic oxidation sites excluding steroid dienone is 1. The summed E-state index contributed by atoms with van der Waals surface area (Å²) in [6.07, 6.45) is 0.909. The maximum atomic E-state index is 10.2. The molecule has 4 heteroatoms. The first-order valence-corrected chi connectivity index (χ1v) is 4.00. The predicted octanol–water partition coefficient (Wildman–Crippen LogP) is 1.74. The van der Waals surface area contributed by atoms with Crippen molar-refractivity contribution in [3.63, 3.8) is 0 Å². The van der Waals surface area contributed by atoms with Crippen molar-refractivity contribution in [1.29, 1.82) is 5.26 Å². The molecule has 0 saturated carbocycles. The molecule has 0 amide bonds. The van der Waals surface area contributed by atoms with E-state index >= 15 is 0 Å². The number of carboxylic acid groups (broad SMARTS) is 1. The van der Waals surface area contributed by atoms with Gasteiger partial charge in [-0.15, -0.1) is 11.3 Å². The molecule has 1 aromatic heterocycles. The molecule has 0 aliphatic carbocycles. The summed E-state index contributed by atoms with van der Waals surface area (Å²) in [4.78, 5) is 10.9. The third-order valence-electron chi connectivity index (χ3n) is 1.17. The van der Waals surface area contributed by atoms with Gasteiger partial charge in [-0.1, -0.05) is 6.07 Å². The Bertz CT molecular complexity index is 346. The minimum atomic E-state index is -1.10. The van der Waals surface area contributed by atoms with Crippen LogP contribution in [0.15, 0.2) is 23.6 Å². The van der Waals surface area contributed by atoms with Crippen LogP contribution in [0.4, 0.5) is 0 Å². The molecule has 0 spiro atoms. The van der Waals surface area contributed by atoms with E-state index in [4.69, 9.17) is 10.4 Å². The number of aliphatic carboxylic acids is 1. The molecule has 0 aliphatic rings. The molecule has 3 nitrogen and oxygen atoms in total. The van der Waals surface area contributed by atoms with Gasteiger partial charge in [0.15, 0.2) is 0 Å². The van der Waals surface area contributed by atoms with Gasteiger partial charge in [-0.2, -0.15) is 5.26 Å². The molecule has 0 saturated heterocycles. The standard InChI is InChI=1S/C8H5NO2S/c9-5-6(4-8(10)11)7-2-1-3-12-7/h1-4H,(H,10,11)/b6-4+. The molecular weight excluding hydrogens is 174 g/mol. The van der Waals surface area contributed by atoms with Crippen LogP contribution in [0.25, 0.3) is 5.57 Å². The van der Waals surface area contributed by atoms with E-state index in [9.17, 15) is 4.79 Å². The van der Waals surface area contributed by atoms with Gasteiger partial charge in [0.05, 0.1) is 5.57 Å². The molecule has 0 radical (unpaired) electrons. The number of rotatable bonds is 2. The van der Waals surface area contributed by atoms with Crippen LogP contribution in [0.2, 0.25) is 0 Å². The van der Waals surface area contributed by atoms with E-state index in [0.717, 1.165) is 6.08 Å². The fourth-order valence-electron chi connectivity index (χ4n) is 0.714. The largest absolute Gasteiger partial charge is 0.478 e. The summed E-state index contributed by atoms with van der Waals surface area (Å²) in [5.74, 6) is -1.10. The lowest BCUT2D eigenvalue weighted by Gasteiger charge is -1.88. The normalized spacial score (nSPS) is 10.8. The first-order valence-electron chi connectivity index (χ1n) is 3.12. The minimum absolute atomic E-state index is 0.192. The molecule has 1 N–H and O–H groups in total. The Balaban J connectivity index is 3.01. The quantitative estimate of drug-likeness (QED) is 0.555. The Morgan fingerprint density at radius 2 is 2.50 bits per heavy atom. The van der Waals surface area contributed by atoms with E-state index in [2.05, 4.69) is 0 Å². The Kier molecular flexibility index (Phi) is 2.62. The molecule has 0 bridgehead atoms. The van der Waals surface area contributed by atoms with Crippen LogP contribution in [0.1, 0.15) is 4.88 Å². The Morgan fingerprint density at radius 3 is 2.92 bits per heavy atom. The highest BCUT2D eigenvalue weighted by Gasteiger charge is 2.02. The molecule has 0 fully saturated rings. The third kappa shape index (κ3) is 1.94. The second-order valence-electron chi connectivity index (χ2n) is 1.99. The third-order valence-corrected chi connectivity index (χ3v) is 2.08. The van der Waals surface area contributed by atoms with E-state index in [1.54, 1.807) is 17.5 Å². The maximum Gasteiger partial charge on any atom is 0.329 e. The summed E-state index contributed by atoms with van der Waals surface area (Å²) >= 11 is 1.34. The van der Waals surface area contributed by atoms with E-state index in [0.29, 0.717) is 4.88 Å². The summed E-state index contributed by atoms with van der Waals surface area (Å²) in [5.41, 5.74) is 0.192. The zero-order valence-corrected chi connectivity index (χ0v) is 6.84. The summed E-state index contributed by atoms with van der Waals surface area (Å²) in [7, 11) is 0. The number of carbonyl (C=O) groups is 1.